The van der Waals surface area contributed by atoms with Crippen molar-refractivity contribution in [2.75, 3.05) is 5.32 Å². The monoisotopic (exact) mass is 501 g/mol. The van der Waals surface area contributed by atoms with Gasteiger partial charge < -0.3 is 10.6 Å². The minimum atomic E-state index is -0.510. The molecular weight excluding hydrogens is 484 g/mol. The first-order valence-corrected chi connectivity index (χ1v) is 10.5. The Kier molecular flexibility index (Phi) is 6.73. The lowest BCUT2D eigenvalue weighted by Crippen LogP contribution is -2.31. The van der Waals surface area contributed by atoms with Crippen LogP contribution in [0.1, 0.15) is 45.8 Å². The lowest BCUT2D eigenvalue weighted by atomic mass is 10.0. The van der Waals surface area contributed by atoms with Crippen LogP contribution in [0.2, 0.25) is 5.02 Å². The molecule has 0 aliphatic carbocycles. The van der Waals surface area contributed by atoms with Gasteiger partial charge in [0.25, 0.3) is 16.8 Å². The summed E-state index contributed by atoms with van der Waals surface area (Å²) in [7, 11) is 0. The van der Waals surface area contributed by atoms with Gasteiger partial charge in [0.2, 0.25) is 5.82 Å². The summed E-state index contributed by atoms with van der Waals surface area (Å²) < 4.78 is 1.77. The fraction of sp³-hybridized carbons (Fsp3) is 0.190. The maximum absolute atomic E-state index is 13.2. The Bertz CT molecular complexity index is 1220. The average Bonchev–Trinajstić information content (AvgIpc) is 3.10. The van der Waals surface area contributed by atoms with Crippen molar-refractivity contribution in [1.82, 2.24) is 20.1 Å². The van der Waals surface area contributed by atoms with Gasteiger partial charge in [-0.3, -0.25) is 9.59 Å². The Morgan fingerprint density at radius 3 is 2.65 bits per heavy atom. The number of rotatable bonds is 5. The first kappa shape index (κ1) is 22.5. The van der Waals surface area contributed by atoms with Gasteiger partial charge in [0.05, 0.1) is 22.9 Å². The molecule has 0 fully saturated rings. The van der Waals surface area contributed by atoms with E-state index in [0.717, 1.165) is 0 Å². The Hall–Kier alpha value is -3.22. The van der Waals surface area contributed by atoms with E-state index in [2.05, 4.69) is 36.6 Å². The minimum Gasteiger partial charge on any atom is -0.350 e. The molecule has 0 unspecified atom stereocenters. The number of amides is 2. The molecule has 1 aromatic carbocycles. The van der Waals surface area contributed by atoms with Crippen molar-refractivity contribution in [3.63, 3.8) is 0 Å². The Morgan fingerprint density at radius 1 is 1.26 bits per heavy atom. The van der Waals surface area contributed by atoms with Gasteiger partial charge in [-0.2, -0.15) is 10.4 Å². The lowest BCUT2D eigenvalue weighted by Gasteiger charge is -2.16. The largest absolute Gasteiger partial charge is 0.350 e. The molecule has 2 amide bonds. The van der Waals surface area contributed by atoms with Gasteiger partial charge in [0, 0.05) is 24.4 Å². The molecular formula is C21H19BrClN6O2+. The van der Waals surface area contributed by atoms with Crippen LogP contribution in [0.5, 0.6) is 0 Å². The Balaban J connectivity index is 2.05. The zero-order valence-corrected chi connectivity index (χ0v) is 19.3. The third kappa shape index (κ3) is 4.93. The summed E-state index contributed by atoms with van der Waals surface area (Å²) in [6, 6.07) is 9.90. The smallest absolute Gasteiger partial charge is 0.274 e. The number of nitriles is 1. The van der Waals surface area contributed by atoms with E-state index in [1.165, 1.54) is 16.8 Å². The van der Waals surface area contributed by atoms with Gasteiger partial charge in [-0.05, 0) is 60.5 Å². The number of hydrogen-bond donors (Lipinski definition) is 2. The zero-order valence-electron chi connectivity index (χ0n) is 16.9. The number of nitrogens with one attached hydrogen (secondary N) is 2. The van der Waals surface area contributed by atoms with Gasteiger partial charge in [-0.15, -0.1) is 0 Å². The van der Waals surface area contributed by atoms with Gasteiger partial charge in [0.15, 0.2) is 11.6 Å². The predicted octanol–water partition coefficient (Wildman–Crippen LogP) is 3.30. The third-order valence-electron chi connectivity index (χ3n) is 4.23. The van der Waals surface area contributed by atoms with Crippen molar-refractivity contribution in [1.29, 1.82) is 5.26 Å². The minimum absolute atomic E-state index is 0.117. The molecule has 0 bridgehead atoms. The second-order valence-electron chi connectivity index (χ2n) is 7.00. The van der Waals surface area contributed by atoms with Crippen LogP contribution >= 0.6 is 15.9 Å². The van der Waals surface area contributed by atoms with E-state index in [9.17, 15) is 14.9 Å². The Morgan fingerprint density at radius 2 is 2.00 bits per heavy atom. The van der Waals surface area contributed by atoms with Crippen LogP contribution in [-0.4, -0.2) is 32.6 Å². The van der Waals surface area contributed by atoms with E-state index in [1.54, 1.807) is 31.3 Å². The summed E-state index contributed by atoms with van der Waals surface area (Å²) in [5, 5.41) is 19.6. The van der Waals surface area contributed by atoms with Gasteiger partial charge in [-0.25, -0.2) is 9.67 Å². The van der Waals surface area contributed by atoms with Crippen LogP contribution in [0.4, 0.5) is 5.69 Å². The highest BCUT2D eigenvalue weighted by molar-refractivity contribution is 9.10. The number of aromatic nitrogens is 3. The van der Waals surface area contributed by atoms with E-state index < -0.39 is 11.8 Å². The number of carbonyl (C=O) groups excluding carboxylic acids is 2. The van der Waals surface area contributed by atoms with E-state index >= 15 is 0 Å². The second kappa shape index (κ2) is 9.29. The molecule has 0 saturated heterocycles. The van der Waals surface area contributed by atoms with Gasteiger partial charge >= 0.3 is 0 Å². The number of anilines is 1. The molecule has 0 atom stereocenters. The van der Waals surface area contributed by atoms with Crippen LogP contribution in [0.25, 0.3) is 5.82 Å². The number of nitrogens with zero attached hydrogens (tertiary/aromatic N) is 4. The van der Waals surface area contributed by atoms with Crippen molar-refractivity contribution >= 4 is 33.4 Å². The van der Waals surface area contributed by atoms with Crippen LogP contribution in [0.3, 0.4) is 0 Å². The van der Waals surface area contributed by atoms with E-state index in [-0.39, 0.29) is 17.3 Å². The van der Waals surface area contributed by atoms with Crippen molar-refractivity contribution in [2.24, 2.45) is 0 Å². The molecule has 31 heavy (non-hydrogen) atoms. The summed E-state index contributed by atoms with van der Waals surface area (Å²) in [6.07, 6.45) is 1.56. The fourth-order valence-corrected chi connectivity index (χ4v) is 3.52. The standard InChI is InChI=1S/C21H18BrClN6O2/c1-11(2)26-20(30)14-8-13(10-24)7-12(3)18(14)27-21(31)16-9-17(22)28-29(16)19-15(23)5-4-6-25-19/h4-9,11,23H,1-3H3,(H-,26,27,30,31)/p+1. The zero-order chi connectivity index (χ0) is 22.7. The first-order valence-electron chi connectivity index (χ1n) is 9.26. The highest BCUT2D eigenvalue weighted by Gasteiger charge is 2.24. The SMILES string of the molecule is Cc1cc(C#N)cc(C(=O)NC(C)C)c1NC(=O)c1cc(Br)nn1-c1ncccc1[ClH+]. The molecule has 3 rings (SSSR count). The predicted molar refractivity (Wildman–Crippen MR) is 116 cm³/mol. The van der Waals surface area contributed by atoms with Crippen LogP contribution < -0.4 is 10.6 Å². The molecule has 0 saturated carbocycles. The maximum Gasteiger partial charge on any atom is 0.274 e. The number of hydrogen-bond acceptors (Lipinski definition) is 5. The second-order valence-corrected chi connectivity index (χ2v) is 8.25. The molecule has 2 N–H and O–H groups in total. The van der Waals surface area contributed by atoms with Gasteiger partial charge in [0.1, 0.15) is 10.3 Å². The van der Waals surface area contributed by atoms with Crippen molar-refractivity contribution in [3.8, 4) is 11.9 Å². The number of carbonyl (C=O) groups is 2. The number of aryl methyl sites for hydroxylation is 1. The van der Waals surface area contributed by atoms with E-state index in [1.807, 2.05) is 19.9 Å². The fourth-order valence-electron chi connectivity index (χ4n) is 2.93. The van der Waals surface area contributed by atoms with Gasteiger partial charge in [-0.1, -0.05) is 0 Å². The van der Waals surface area contributed by atoms with Crippen molar-refractivity contribution in [3.05, 3.63) is 68.5 Å². The average molecular weight is 503 g/mol. The normalized spacial score (nSPS) is 10.6. The van der Waals surface area contributed by atoms with E-state index in [0.29, 0.717) is 32.3 Å². The summed E-state index contributed by atoms with van der Waals surface area (Å²) in [6.45, 7) is 5.37. The molecule has 2 heterocycles. The molecule has 2 aromatic heterocycles. The van der Waals surface area contributed by atoms with Crippen LogP contribution in [-0.2, 0) is 0 Å². The summed E-state index contributed by atoms with van der Waals surface area (Å²) in [4.78, 5) is 30.1. The topological polar surface area (TPSA) is 113 Å². The quantitative estimate of drug-likeness (QED) is 0.556. The summed E-state index contributed by atoms with van der Waals surface area (Å²) >= 11 is 8.59. The molecule has 0 spiro atoms. The first-order chi connectivity index (χ1) is 14.7. The molecule has 158 valence electrons. The lowest BCUT2D eigenvalue weighted by molar-refractivity contribution is -0.289. The van der Waals surface area contributed by atoms with E-state index in [4.69, 9.17) is 11.6 Å². The van der Waals surface area contributed by atoms with Crippen molar-refractivity contribution < 1.29 is 21.2 Å². The Labute approximate surface area is 192 Å². The van der Waals surface area contributed by atoms with Crippen molar-refractivity contribution in [2.45, 2.75) is 26.8 Å². The molecule has 0 aliphatic heterocycles. The summed E-state index contributed by atoms with van der Waals surface area (Å²) in [5.74, 6) is -0.565. The highest BCUT2D eigenvalue weighted by Crippen LogP contribution is 2.25. The maximum atomic E-state index is 13.2. The number of pyridine rings is 1. The summed E-state index contributed by atoms with van der Waals surface area (Å²) in [5.41, 5.74) is 1.58. The third-order valence-corrected chi connectivity index (χ3v) is 4.94. The number of halogens is 2. The molecule has 0 radical (unpaired) electrons. The molecule has 8 nitrogen and oxygen atoms in total. The molecule has 0 aliphatic rings. The highest BCUT2D eigenvalue weighted by atomic mass is 79.9. The number of benzene rings is 1. The van der Waals surface area contributed by atoms with Crippen LogP contribution in [0, 0.1) is 29.9 Å². The van der Waals surface area contributed by atoms with Crippen LogP contribution in [0.15, 0.2) is 41.1 Å². The molecule has 3 aromatic rings. The molecule has 10 heteroatoms.